The first kappa shape index (κ1) is 28.3. The van der Waals surface area contributed by atoms with Crippen molar-refractivity contribution < 1.29 is 24.1 Å². The van der Waals surface area contributed by atoms with Gasteiger partial charge in [-0.3, -0.25) is 4.90 Å². The zero-order valence-electron chi connectivity index (χ0n) is 22.6. The van der Waals surface area contributed by atoms with Crippen molar-refractivity contribution in [2.45, 2.75) is 38.1 Å². The van der Waals surface area contributed by atoms with Crippen molar-refractivity contribution in [1.29, 1.82) is 0 Å². The van der Waals surface area contributed by atoms with Gasteiger partial charge in [0.1, 0.15) is 18.0 Å². The molecule has 0 bridgehead atoms. The first-order chi connectivity index (χ1) is 18.6. The van der Waals surface area contributed by atoms with Crippen LogP contribution in [-0.4, -0.2) is 69.0 Å². The highest BCUT2D eigenvalue weighted by Gasteiger charge is 2.42. The molecule has 0 aliphatic carbocycles. The fraction of sp³-hybridized carbons (Fsp3) is 0.438. The summed E-state index contributed by atoms with van der Waals surface area (Å²) in [5.74, 6) is 0.470. The van der Waals surface area contributed by atoms with Crippen LogP contribution >= 0.6 is 0 Å². The molecule has 0 radical (unpaired) electrons. The minimum absolute atomic E-state index is 0.317. The van der Waals surface area contributed by atoms with Gasteiger partial charge < -0.3 is 24.1 Å². The molecule has 2 unspecified atom stereocenters. The maximum Gasteiger partial charge on any atom is 0.158 e. The molecular weight excluding hydrogens is 478 g/mol. The molecule has 1 saturated heterocycles. The molecule has 1 N–H and O–H groups in total. The van der Waals surface area contributed by atoms with Crippen molar-refractivity contribution in [3.8, 4) is 5.75 Å². The molecule has 6 nitrogen and oxygen atoms in total. The molecule has 6 heteroatoms. The quantitative estimate of drug-likeness (QED) is 0.295. The van der Waals surface area contributed by atoms with Crippen molar-refractivity contribution in [1.82, 2.24) is 4.90 Å². The van der Waals surface area contributed by atoms with Crippen LogP contribution in [-0.2, 0) is 19.8 Å². The van der Waals surface area contributed by atoms with Crippen molar-refractivity contribution in [3.63, 3.8) is 0 Å². The second kappa shape index (κ2) is 14.4. The molecule has 204 valence electrons. The summed E-state index contributed by atoms with van der Waals surface area (Å²) in [7, 11) is 0. The van der Waals surface area contributed by atoms with Gasteiger partial charge in [-0.15, -0.1) is 0 Å². The van der Waals surface area contributed by atoms with E-state index in [0.29, 0.717) is 26.2 Å². The molecule has 4 rings (SSSR count). The van der Waals surface area contributed by atoms with Crippen LogP contribution in [0.3, 0.4) is 0 Å². The highest BCUT2D eigenvalue weighted by Crippen LogP contribution is 2.45. The molecule has 0 aromatic heterocycles. The molecule has 1 aliphatic rings. The van der Waals surface area contributed by atoms with Gasteiger partial charge in [-0.2, -0.15) is 0 Å². The molecule has 1 fully saturated rings. The van der Waals surface area contributed by atoms with Gasteiger partial charge in [0, 0.05) is 45.2 Å². The second-order valence-electron chi connectivity index (χ2n) is 9.50. The lowest BCUT2D eigenvalue weighted by Gasteiger charge is -2.39. The molecule has 3 aromatic rings. The van der Waals surface area contributed by atoms with E-state index in [9.17, 15) is 5.11 Å². The monoisotopic (exact) mass is 519 g/mol. The van der Waals surface area contributed by atoms with Crippen LogP contribution in [0, 0.1) is 0 Å². The molecule has 0 saturated carbocycles. The third-order valence-corrected chi connectivity index (χ3v) is 7.13. The molecular formula is C32H41NO5. The number of benzene rings is 3. The number of rotatable bonds is 14. The maximum atomic E-state index is 12.7. The minimum Gasteiger partial charge on any atom is -0.492 e. The van der Waals surface area contributed by atoms with Crippen LogP contribution in [0.2, 0.25) is 0 Å². The Morgan fingerprint density at radius 1 is 0.816 bits per heavy atom. The van der Waals surface area contributed by atoms with Crippen LogP contribution in [0.4, 0.5) is 0 Å². The van der Waals surface area contributed by atoms with E-state index >= 15 is 0 Å². The van der Waals surface area contributed by atoms with Gasteiger partial charge in [-0.1, -0.05) is 72.8 Å². The number of aliphatic hydroxyl groups is 1. The van der Waals surface area contributed by atoms with Crippen LogP contribution in [0.25, 0.3) is 0 Å². The standard InChI is InChI=1S/C32H41NO5/c1-3-36-31(37-4-2)25-30(26-11-7-5-8-12-26)32(34,27-13-9-6-10-14-27)28-15-17-29(18-16-28)38-24-21-33-19-22-35-23-20-33/h5-18,30-31,34H,3-4,19-25H2,1-2H3. The predicted molar refractivity (Wildman–Crippen MR) is 149 cm³/mol. The van der Waals surface area contributed by atoms with E-state index in [1.807, 2.05) is 86.6 Å². The van der Waals surface area contributed by atoms with E-state index in [1.54, 1.807) is 0 Å². The molecule has 0 amide bonds. The average Bonchev–Trinajstić information content (AvgIpc) is 2.97. The van der Waals surface area contributed by atoms with Gasteiger partial charge in [0.15, 0.2) is 6.29 Å². The topological polar surface area (TPSA) is 60.4 Å². The van der Waals surface area contributed by atoms with Crippen molar-refractivity contribution >= 4 is 0 Å². The Morgan fingerprint density at radius 2 is 1.39 bits per heavy atom. The van der Waals surface area contributed by atoms with E-state index in [1.165, 1.54) is 0 Å². The Morgan fingerprint density at radius 3 is 2.00 bits per heavy atom. The number of hydrogen-bond donors (Lipinski definition) is 1. The Labute approximate surface area is 227 Å². The van der Waals surface area contributed by atoms with E-state index in [-0.39, 0.29) is 5.92 Å². The summed E-state index contributed by atoms with van der Waals surface area (Å²) in [6.45, 7) is 9.92. The van der Waals surface area contributed by atoms with Crippen molar-refractivity contribution in [2.75, 3.05) is 52.7 Å². The van der Waals surface area contributed by atoms with Gasteiger partial charge in [0.2, 0.25) is 0 Å². The molecule has 2 atom stereocenters. The molecule has 38 heavy (non-hydrogen) atoms. The summed E-state index contributed by atoms with van der Waals surface area (Å²) < 4.78 is 23.4. The smallest absolute Gasteiger partial charge is 0.158 e. The van der Waals surface area contributed by atoms with E-state index in [0.717, 1.165) is 55.3 Å². The normalized spacial score (nSPS) is 16.7. The zero-order chi connectivity index (χ0) is 26.6. The summed E-state index contributed by atoms with van der Waals surface area (Å²) in [5, 5.41) is 12.7. The Hall–Kier alpha value is -2.74. The third-order valence-electron chi connectivity index (χ3n) is 7.13. The van der Waals surface area contributed by atoms with E-state index < -0.39 is 11.9 Å². The second-order valence-corrected chi connectivity index (χ2v) is 9.50. The van der Waals surface area contributed by atoms with Crippen LogP contribution in [0.5, 0.6) is 5.75 Å². The van der Waals surface area contributed by atoms with Gasteiger partial charge >= 0.3 is 0 Å². The first-order valence-corrected chi connectivity index (χ1v) is 13.7. The van der Waals surface area contributed by atoms with E-state index in [4.69, 9.17) is 18.9 Å². The van der Waals surface area contributed by atoms with Gasteiger partial charge in [-0.05, 0) is 42.7 Å². The summed E-state index contributed by atoms with van der Waals surface area (Å²) in [4.78, 5) is 2.35. The van der Waals surface area contributed by atoms with Gasteiger partial charge in [-0.25, -0.2) is 0 Å². The summed E-state index contributed by atoms with van der Waals surface area (Å²) in [6, 6.07) is 27.9. The Bertz CT molecular complexity index is 1050. The Balaban J connectivity index is 1.63. The van der Waals surface area contributed by atoms with Gasteiger partial charge in [0.25, 0.3) is 0 Å². The highest BCUT2D eigenvalue weighted by atomic mass is 16.7. The lowest BCUT2D eigenvalue weighted by molar-refractivity contribution is -0.150. The van der Waals surface area contributed by atoms with Crippen LogP contribution in [0.1, 0.15) is 42.9 Å². The first-order valence-electron chi connectivity index (χ1n) is 13.7. The van der Waals surface area contributed by atoms with Gasteiger partial charge in [0.05, 0.1) is 13.2 Å². The molecule has 0 spiro atoms. The summed E-state index contributed by atoms with van der Waals surface area (Å²) in [6.07, 6.45) is 0.0581. The van der Waals surface area contributed by atoms with Crippen LogP contribution < -0.4 is 4.74 Å². The third kappa shape index (κ3) is 7.22. The summed E-state index contributed by atoms with van der Waals surface area (Å²) >= 11 is 0. The number of ether oxygens (including phenoxy) is 4. The molecule has 1 heterocycles. The van der Waals surface area contributed by atoms with Crippen LogP contribution in [0.15, 0.2) is 84.9 Å². The Kier molecular flexibility index (Phi) is 10.7. The SMILES string of the molecule is CCOC(CC(c1ccccc1)C(O)(c1ccccc1)c1ccc(OCCN2CCOCC2)cc1)OCC. The average molecular weight is 520 g/mol. The van der Waals surface area contributed by atoms with Crippen molar-refractivity contribution in [2.24, 2.45) is 0 Å². The summed E-state index contributed by atoms with van der Waals surface area (Å²) in [5.41, 5.74) is 1.32. The minimum atomic E-state index is -1.32. The van der Waals surface area contributed by atoms with E-state index in [2.05, 4.69) is 17.0 Å². The molecule has 1 aliphatic heterocycles. The molecule has 3 aromatic carbocycles. The van der Waals surface area contributed by atoms with Crippen molar-refractivity contribution in [3.05, 3.63) is 102 Å². The zero-order valence-corrected chi connectivity index (χ0v) is 22.6. The number of hydrogen-bond acceptors (Lipinski definition) is 6. The maximum absolute atomic E-state index is 12.7. The lowest BCUT2D eigenvalue weighted by Crippen LogP contribution is -2.38. The lowest BCUT2D eigenvalue weighted by atomic mass is 9.71. The largest absolute Gasteiger partial charge is 0.492 e. The number of morpholine rings is 1. The predicted octanol–water partition coefficient (Wildman–Crippen LogP) is 5.21. The highest BCUT2D eigenvalue weighted by molar-refractivity contribution is 5.43. The fourth-order valence-corrected chi connectivity index (χ4v) is 5.17. The fourth-order valence-electron chi connectivity index (χ4n) is 5.17. The number of nitrogens with zero attached hydrogens (tertiary/aromatic N) is 1.